The van der Waals surface area contributed by atoms with Gasteiger partial charge in [0, 0.05) is 13.1 Å². The summed E-state index contributed by atoms with van der Waals surface area (Å²) in [5.74, 6) is -0.786. The third-order valence-electron chi connectivity index (χ3n) is 2.47. The molecule has 0 bridgehead atoms. The van der Waals surface area contributed by atoms with E-state index in [0.717, 1.165) is 0 Å². The highest BCUT2D eigenvalue weighted by atomic mass is 35.5. The number of rotatable bonds is 7. The van der Waals surface area contributed by atoms with E-state index in [-0.39, 0.29) is 17.5 Å². The number of carbonyl (C=O) groups is 1. The normalized spacial score (nSPS) is 10.5. The number of nitrogens with zero attached hydrogens (tertiary/aromatic N) is 1. The molecule has 0 saturated carbocycles. The smallest absolute Gasteiger partial charge is 0.320 e. The van der Waals surface area contributed by atoms with E-state index in [4.69, 9.17) is 16.3 Å². The Morgan fingerprint density at radius 3 is 2.95 bits per heavy atom. The lowest BCUT2D eigenvalue weighted by molar-refractivity contribution is -0.144. The van der Waals surface area contributed by atoms with Crippen molar-refractivity contribution in [2.75, 3.05) is 19.7 Å². The largest absolute Gasteiger partial charge is 0.465 e. The zero-order chi connectivity index (χ0) is 14.3. The molecule has 0 N–H and O–H groups in total. The molecule has 0 aliphatic rings. The van der Waals surface area contributed by atoms with Crippen LogP contribution in [0.3, 0.4) is 0 Å². The molecule has 0 aliphatic heterocycles. The monoisotopic (exact) mass is 285 g/mol. The summed E-state index contributed by atoms with van der Waals surface area (Å²) in [5, 5.41) is 0.0837. The lowest BCUT2D eigenvalue weighted by atomic mass is 10.2. The van der Waals surface area contributed by atoms with Gasteiger partial charge in [-0.15, -0.1) is 6.58 Å². The fourth-order valence-electron chi connectivity index (χ4n) is 1.67. The lowest BCUT2D eigenvalue weighted by Crippen LogP contribution is -2.31. The van der Waals surface area contributed by atoms with Crippen LogP contribution >= 0.6 is 11.6 Å². The SMILES string of the molecule is C=CCN(CC(=O)OCC)Cc1cccc(F)c1Cl. The topological polar surface area (TPSA) is 29.5 Å². The number of hydrogen-bond donors (Lipinski definition) is 0. The summed E-state index contributed by atoms with van der Waals surface area (Å²) in [6, 6.07) is 4.62. The van der Waals surface area contributed by atoms with E-state index in [1.807, 2.05) is 0 Å². The predicted octanol–water partition coefficient (Wildman–Crippen LogP) is 3.03. The summed E-state index contributed by atoms with van der Waals surface area (Å²) >= 11 is 5.89. The van der Waals surface area contributed by atoms with Gasteiger partial charge in [-0.25, -0.2) is 4.39 Å². The van der Waals surface area contributed by atoms with Crippen LogP contribution in [-0.2, 0) is 16.1 Å². The molecule has 1 aromatic rings. The third kappa shape index (κ3) is 5.01. The molecule has 3 nitrogen and oxygen atoms in total. The average molecular weight is 286 g/mol. The Hall–Kier alpha value is -1.39. The van der Waals surface area contributed by atoms with E-state index in [2.05, 4.69) is 6.58 Å². The average Bonchev–Trinajstić information content (AvgIpc) is 2.35. The third-order valence-corrected chi connectivity index (χ3v) is 2.89. The predicted molar refractivity (Wildman–Crippen MR) is 73.5 cm³/mol. The summed E-state index contributed by atoms with van der Waals surface area (Å²) in [6.45, 7) is 6.69. The minimum atomic E-state index is -0.464. The maximum atomic E-state index is 13.3. The van der Waals surface area contributed by atoms with Gasteiger partial charge in [0.05, 0.1) is 18.2 Å². The van der Waals surface area contributed by atoms with Crippen molar-refractivity contribution >= 4 is 17.6 Å². The molecular formula is C14H17ClFNO2. The van der Waals surface area contributed by atoms with Crippen LogP contribution in [0.1, 0.15) is 12.5 Å². The van der Waals surface area contributed by atoms with Crippen LogP contribution in [0.4, 0.5) is 4.39 Å². The number of ether oxygens (including phenoxy) is 1. The van der Waals surface area contributed by atoms with Crippen molar-refractivity contribution in [2.24, 2.45) is 0 Å². The molecule has 0 spiro atoms. The second kappa shape index (κ2) is 7.92. The van der Waals surface area contributed by atoms with E-state index >= 15 is 0 Å². The van der Waals surface area contributed by atoms with Crippen LogP contribution in [-0.4, -0.2) is 30.6 Å². The number of esters is 1. The summed E-state index contributed by atoms with van der Waals surface area (Å²) in [4.78, 5) is 13.2. The summed E-state index contributed by atoms with van der Waals surface area (Å²) in [7, 11) is 0. The molecule has 1 rings (SSSR count). The van der Waals surface area contributed by atoms with Crippen molar-refractivity contribution in [3.63, 3.8) is 0 Å². The Morgan fingerprint density at radius 2 is 2.32 bits per heavy atom. The molecule has 104 valence electrons. The van der Waals surface area contributed by atoms with Crippen LogP contribution in [0.2, 0.25) is 5.02 Å². The van der Waals surface area contributed by atoms with Gasteiger partial charge in [0.2, 0.25) is 0 Å². The molecule has 0 saturated heterocycles. The minimum Gasteiger partial charge on any atom is -0.465 e. The van der Waals surface area contributed by atoms with E-state index in [1.165, 1.54) is 6.07 Å². The zero-order valence-corrected chi connectivity index (χ0v) is 11.6. The molecule has 0 amide bonds. The van der Waals surface area contributed by atoms with Crippen LogP contribution in [0.25, 0.3) is 0 Å². The first-order valence-corrected chi connectivity index (χ1v) is 6.38. The Morgan fingerprint density at radius 1 is 1.58 bits per heavy atom. The molecule has 0 fully saturated rings. The molecule has 0 atom stereocenters. The van der Waals surface area contributed by atoms with Gasteiger partial charge in [-0.1, -0.05) is 29.8 Å². The number of carbonyl (C=O) groups excluding carboxylic acids is 1. The van der Waals surface area contributed by atoms with E-state index < -0.39 is 5.82 Å². The van der Waals surface area contributed by atoms with E-state index in [1.54, 1.807) is 30.0 Å². The first-order valence-electron chi connectivity index (χ1n) is 6.00. The minimum absolute atomic E-state index is 0.0837. The first kappa shape index (κ1) is 15.7. The number of benzene rings is 1. The Bertz CT molecular complexity index is 451. The highest BCUT2D eigenvalue weighted by molar-refractivity contribution is 6.31. The maximum Gasteiger partial charge on any atom is 0.320 e. The van der Waals surface area contributed by atoms with Crippen molar-refractivity contribution in [2.45, 2.75) is 13.5 Å². The molecule has 19 heavy (non-hydrogen) atoms. The quantitative estimate of drug-likeness (QED) is 0.570. The van der Waals surface area contributed by atoms with Gasteiger partial charge in [-0.3, -0.25) is 9.69 Å². The Kier molecular flexibility index (Phi) is 6.53. The lowest BCUT2D eigenvalue weighted by Gasteiger charge is -2.20. The van der Waals surface area contributed by atoms with Gasteiger partial charge in [-0.05, 0) is 18.6 Å². The van der Waals surface area contributed by atoms with Gasteiger partial charge in [0.1, 0.15) is 5.82 Å². The highest BCUT2D eigenvalue weighted by Crippen LogP contribution is 2.21. The van der Waals surface area contributed by atoms with Gasteiger partial charge >= 0.3 is 5.97 Å². The van der Waals surface area contributed by atoms with Gasteiger partial charge < -0.3 is 4.74 Å². The van der Waals surface area contributed by atoms with Crippen molar-refractivity contribution < 1.29 is 13.9 Å². The molecule has 0 unspecified atom stereocenters. The zero-order valence-electron chi connectivity index (χ0n) is 10.9. The Balaban J connectivity index is 2.74. The van der Waals surface area contributed by atoms with Gasteiger partial charge in [0.15, 0.2) is 0 Å². The van der Waals surface area contributed by atoms with Crippen molar-refractivity contribution in [3.8, 4) is 0 Å². The second-order valence-electron chi connectivity index (χ2n) is 3.98. The molecule has 0 radical (unpaired) electrons. The summed E-state index contributed by atoms with van der Waals surface area (Å²) < 4.78 is 18.2. The summed E-state index contributed by atoms with van der Waals surface area (Å²) in [5.41, 5.74) is 0.632. The van der Waals surface area contributed by atoms with Crippen LogP contribution in [0.15, 0.2) is 30.9 Å². The maximum absolute atomic E-state index is 13.3. The standard InChI is InChI=1S/C14H17ClFNO2/c1-3-8-17(10-13(18)19-4-2)9-11-6-5-7-12(16)14(11)15/h3,5-7H,1,4,8-10H2,2H3. The van der Waals surface area contributed by atoms with Crippen LogP contribution in [0, 0.1) is 5.82 Å². The number of hydrogen-bond acceptors (Lipinski definition) is 3. The van der Waals surface area contributed by atoms with Crippen LogP contribution < -0.4 is 0 Å². The second-order valence-corrected chi connectivity index (χ2v) is 4.35. The molecular weight excluding hydrogens is 269 g/mol. The van der Waals surface area contributed by atoms with Crippen molar-refractivity contribution in [1.82, 2.24) is 4.90 Å². The van der Waals surface area contributed by atoms with Gasteiger partial charge in [0.25, 0.3) is 0 Å². The van der Waals surface area contributed by atoms with Crippen LogP contribution in [0.5, 0.6) is 0 Å². The fourth-order valence-corrected chi connectivity index (χ4v) is 1.85. The highest BCUT2D eigenvalue weighted by Gasteiger charge is 2.13. The van der Waals surface area contributed by atoms with Crippen molar-refractivity contribution in [3.05, 3.63) is 47.3 Å². The molecule has 0 heterocycles. The van der Waals surface area contributed by atoms with Crippen molar-refractivity contribution in [1.29, 1.82) is 0 Å². The van der Waals surface area contributed by atoms with E-state index in [9.17, 15) is 9.18 Å². The molecule has 0 aliphatic carbocycles. The molecule has 5 heteroatoms. The van der Waals surface area contributed by atoms with Gasteiger partial charge in [-0.2, -0.15) is 0 Å². The first-order chi connectivity index (χ1) is 9.08. The molecule has 1 aromatic carbocycles. The number of halogens is 2. The Labute approximate surface area is 117 Å². The summed E-state index contributed by atoms with van der Waals surface area (Å²) in [6.07, 6.45) is 1.67. The van der Waals surface area contributed by atoms with E-state index in [0.29, 0.717) is 25.3 Å². The fraction of sp³-hybridized carbons (Fsp3) is 0.357. The molecule has 0 aromatic heterocycles.